The van der Waals surface area contributed by atoms with Gasteiger partial charge in [-0.15, -0.1) is 0 Å². The molecular weight excluding hydrogens is 284 g/mol. The van der Waals surface area contributed by atoms with Crippen molar-refractivity contribution in [1.82, 2.24) is 14.7 Å². The van der Waals surface area contributed by atoms with Crippen LogP contribution in [0.5, 0.6) is 0 Å². The average Bonchev–Trinajstić information content (AvgIpc) is 2.43. The van der Waals surface area contributed by atoms with Crippen molar-refractivity contribution in [1.29, 1.82) is 0 Å². The minimum absolute atomic E-state index is 0.0599. The van der Waals surface area contributed by atoms with Gasteiger partial charge in [0.05, 0.1) is 37.7 Å². The topological polar surface area (TPSA) is 79.6 Å². The molecule has 7 nitrogen and oxygen atoms in total. The van der Waals surface area contributed by atoms with Gasteiger partial charge in [0.15, 0.2) is 0 Å². The number of likely N-dealkylation sites (N-methyl/N-ethyl adjacent to an activating group) is 1. The molecule has 1 aromatic heterocycles. The highest BCUT2D eigenvalue weighted by atomic mass is 35.5. The summed E-state index contributed by atoms with van der Waals surface area (Å²) in [4.78, 5) is 14.0. The van der Waals surface area contributed by atoms with Crippen LogP contribution >= 0.6 is 11.6 Å². The fourth-order valence-corrected chi connectivity index (χ4v) is 2.27. The summed E-state index contributed by atoms with van der Waals surface area (Å²) in [5.74, 6) is 0. The Morgan fingerprint density at radius 3 is 3.15 bits per heavy atom. The van der Waals surface area contributed by atoms with Crippen LogP contribution in [0.1, 0.15) is 0 Å². The number of nitrogens with one attached hydrogen (secondary N) is 1. The van der Waals surface area contributed by atoms with E-state index in [2.05, 4.69) is 15.3 Å². The number of aliphatic hydroxyl groups is 1. The summed E-state index contributed by atoms with van der Waals surface area (Å²) >= 11 is 6.01. The molecule has 20 heavy (non-hydrogen) atoms. The third-order valence-electron chi connectivity index (χ3n) is 3.16. The van der Waals surface area contributed by atoms with Gasteiger partial charge in [-0.05, 0) is 7.05 Å². The predicted molar refractivity (Wildman–Crippen MR) is 76.3 cm³/mol. The molecule has 8 heteroatoms. The number of rotatable bonds is 5. The van der Waals surface area contributed by atoms with E-state index in [0.29, 0.717) is 18.8 Å². The Morgan fingerprint density at radius 1 is 1.65 bits per heavy atom. The number of morpholine rings is 1. The van der Waals surface area contributed by atoms with Crippen molar-refractivity contribution in [3.8, 4) is 0 Å². The molecule has 1 fully saturated rings. The molecule has 2 N–H and O–H groups in total. The Balaban J connectivity index is 1.99. The largest absolute Gasteiger partial charge is 0.394 e. The summed E-state index contributed by atoms with van der Waals surface area (Å²) in [7, 11) is 2.04. The second kappa shape index (κ2) is 7.03. The zero-order valence-electron chi connectivity index (χ0n) is 11.4. The van der Waals surface area contributed by atoms with E-state index in [1.807, 2.05) is 7.05 Å². The number of aromatic nitrogens is 2. The van der Waals surface area contributed by atoms with Gasteiger partial charge in [0, 0.05) is 19.6 Å². The zero-order valence-corrected chi connectivity index (χ0v) is 12.1. The Bertz CT molecular complexity index is 508. The van der Waals surface area contributed by atoms with Crippen LogP contribution in [0.25, 0.3) is 0 Å². The minimum atomic E-state index is -0.410. The van der Waals surface area contributed by atoms with Crippen molar-refractivity contribution < 1.29 is 9.84 Å². The number of ether oxygens (including phenoxy) is 1. The molecule has 1 aliphatic heterocycles. The summed E-state index contributed by atoms with van der Waals surface area (Å²) in [5.41, 5.74) is 0.0788. The molecule has 112 valence electrons. The van der Waals surface area contributed by atoms with Crippen LogP contribution < -0.4 is 10.9 Å². The lowest BCUT2D eigenvalue weighted by Crippen LogP contribution is -2.43. The number of anilines is 1. The summed E-state index contributed by atoms with van der Waals surface area (Å²) in [6.07, 6.45) is 1.55. The van der Waals surface area contributed by atoms with Gasteiger partial charge in [-0.2, -0.15) is 5.10 Å². The predicted octanol–water partition coefficient (Wildman–Crippen LogP) is -0.369. The van der Waals surface area contributed by atoms with Crippen LogP contribution in [0.4, 0.5) is 5.69 Å². The van der Waals surface area contributed by atoms with Crippen molar-refractivity contribution in [2.45, 2.75) is 12.6 Å². The first kappa shape index (κ1) is 15.2. The maximum Gasteiger partial charge on any atom is 0.287 e. The molecule has 1 atom stereocenters. The highest BCUT2D eigenvalue weighted by molar-refractivity contribution is 6.32. The molecular formula is C12H19ClN4O3. The summed E-state index contributed by atoms with van der Waals surface area (Å²) in [6.45, 7) is 3.01. The Labute approximate surface area is 122 Å². The highest BCUT2D eigenvalue weighted by Crippen LogP contribution is 2.15. The summed E-state index contributed by atoms with van der Waals surface area (Å²) in [5, 5.41) is 15.9. The third kappa shape index (κ3) is 3.69. The normalized spacial score (nSPS) is 20.1. The fourth-order valence-electron chi connectivity index (χ4n) is 2.06. The van der Waals surface area contributed by atoms with E-state index in [0.717, 1.165) is 17.8 Å². The first-order valence-corrected chi connectivity index (χ1v) is 6.90. The molecule has 0 radical (unpaired) electrons. The second-order valence-corrected chi connectivity index (χ2v) is 5.14. The molecule has 0 bridgehead atoms. The standard InChI is InChI=1S/C12H19ClN4O3/c1-16-3-5-20-9(8-16)6-14-10-7-15-17(2-4-18)12(19)11(10)13/h7,9,14,18H,2-6,8H2,1H3. The Kier molecular flexibility index (Phi) is 5.36. The molecule has 0 aromatic carbocycles. The van der Waals surface area contributed by atoms with E-state index in [1.165, 1.54) is 6.20 Å². The third-order valence-corrected chi connectivity index (χ3v) is 3.52. The smallest absolute Gasteiger partial charge is 0.287 e. The lowest BCUT2D eigenvalue weighted by Gasteiger charge is -2.30. The van der Waals surface area contributed by atoms with E-state index in [9.17, 15) is 4.79 Å². The zero-order chi connectivity index (χ0) is 14.5. The van der Waals surface area contributed by atoms with Gasteiger partial charge in [0.25, 0.3) is 5.56 Å². The number of aliphatic hydroxyl groups excluding tert-OH is 1. The van der Waals surface area contributed by atoms with Crippen LogP contribution in [0.15, 0.2) is 11.0 Å². The second-order valence-electron chi connectivity index (χ2n) is 4.76. The van der Waals surface area contributed by atoms with Crippen LogP contribution in [-0.4, -0.2) is 65.8 Å². The van der Waals surface area contributed by atoms with Gasteiger partial charge in [-0.3, -0.25) is 4.79 Å². The van der Waals surface area contributed by atoms with Gasteiger partial charge in [0.1, 0.15) is 5.02 Å². The quantitative estimate of drug-likeness (QED) is 0.773. The molecule has 2 heterocycles. The van der Waals surface area contributed by atoms with Crippen LogP contribution in [0, 0.1) is 0 Å². The summed E-state index contributed by atoms with van der Waals surface area (Å²) in [6, 6.07) is 0. The monoisotopic (exact) mass is 302 g/mol. The van der Waals surface area contributed by atoms with Crippen LogP contribution in [0.2, 0.25) is 5.02 Å². The van der Waals surface area contributed by atoms with Gasteiger partial charge >= 0.3 is 0 Å². The van der Waals surface area contributed by atoms with Crippen LogP contribution in [-0.2, 0) is 11.3 Å². The van der Waals surface area contributed by atoms with E-state index in [4.69, 9.17) is 21.4 Å². The summed E-state index contributed by atoms with van der Waals surface area (Å²) < 4.78 is 6.76. The number of halogens is 1. The van der Waals surface area contributed by atoms with E-state index < -0.39 is 5.56 Å². The van der Waals surface area contributed by atoms with Crippen molar-refractivity contribution in [2.24, 2.45) is 0 Å². The molecule has 1 saturated heterocycles. The van der Waals surface area contributed by atoms with E-state index >= 15 is 0 Å². The Morgan fingerprint density at radius 2 is 2.45 bits per heavy atom. The van der Waals surface area contributed by atoms with Gasteiger partial charge < -0.3 is 20.1 Å². The van der Waals surface area contributed by atoms with Crippen molar-refractivity contribution in [2.75, 3.05) is 45.2 Å². The van der Waals surface area contributed by atoms with Gasteiger partial charge in [0.2, 0.25) is 0 Å². The first-order chi connectivity index (χ1) is 9.61. The van der Waals surface area contributed by atoms with Crippen molar-refractivity contribution >= 4 is 17.3 Å². The average molecular weight is 303 g/mol. The number of hydrogen-bond acceptors (Lipinski definition) is 6. The van der Waals surface area contributed by atoms with E-state index in [1.54, 1.807) is 0 Å². The number of hydrogen-bond donors (Lipinski definition) is 2. The molecule has 1 unspecified atom stereocenters. The molecule has 1 aliphatic rings. The maximum atomic E-state index is 11.9. The lowest BCUT2D eigenvalue weighted by molar-refractivity contribution is -0.0117. The highest BCUT2D eigenvalue weighted by Gasteiger charge is 2.18. The first-order valence-electron chi connectivity index (χ1n) is 6.52. The molecule has 0 saturated carbocycles. The SMILES string of the molecule is CN1CCOC(CNc2cnn(CCO)c(=O)c2Cl)C1. The van der Waals surface area contributed by atoms with Crippen molar-refractivity contribution in [3.05, 3.63) is 21.6 Å². The van der Waals surface area contributed by atoms with Gasteiger partial charge in [-0.1, -0.05) is 11.6 Å². The molecule has 0 spiro atoms. The fraction of sp³-hybridized carbons (Fsp3) is 0.667. The van der Waals surface area contributed by atoms with Gasteiger partial charge in [-0.25, -0.2) is 4.68 Å². The minimum Gasteiger partial charge on any atom is -0.394 e. The van der Waals surface area contributed by atoms with Crippen LogP contribution in [0.3, 0.4) is 0 Å². The lowest BCUT2D eigenvalue weighted by atomic mass is 10.3. The number of nitrogens with zero attached hydrogens (tertiary/aromatic N) is 3. The maximum absolute atomic E-state index is 11.9. The molecule has 0 aliphatic carbocycles. The molecule has 0 amide bonds. The van der Waals surface area contributed by atoms with E-state index in [-0.39, 0.29) is 24.3 Å². The molecule has 2 rings (SSSR count). The Hall–Kier alpha value is -1.15. The van der Waals surface area contributed by atoms with Crippen molar-refractivity contribution in [3.63, 3.8) is 0 Å². The molecule has 1 aromatic rings.